The zero-order chi connectivity index (χ0) is 20.9. The van der Waals surface area contributed by atoms with Gasteiger partial charge >= 0.3 is 0 Å². The van der Waals surface area contributed by atoms with Gasteiger partial charge in [0, 0.05) is 24.2 Å². The largest absolute Gasteiger partial charge is 0.368 e. The Bertz CT molecular complexity index is 1010. The molecule has 0 saturated carbocycles. The summed E-state index contributed by atoms with van der Waals surface area (Å²) in [7, 11) is 0. The van der Waals surface area contributed by atoms with Crippen LogP contribution in [0.15, 0.2) is 66.9 Å². The maximum Gasteiger partial charge on any atom is 0.227 e. The number of rotatable bonds is 5. The maximum absolute atomic E-state index is 13.1. The van der Waals surface area contributed by atoms with Crippen LogP contribution in [0.5, 0.6) is 0 Å². The SMILES string of the molecule is O=C(Cc1ccc(F)cc1)N1CCOC(c2ccc(Cc3ccccc3Cl)cn2)C1. The van der Waals surface area contributed by atoms with Gasteiger partial charge in [-0.2, -0.15) is 0 Å². The molecule has 2 aromatic carbocycles. The number of aromatic nitrogens is 1. The van der Waals surface area contributed by atoms with Gasteiger partial charge in [0.25, 0.3) is 0 Å². The van der Waals surface area contributed by atoms with Crippen molar-refractivity contribution in [1.29, 1.82) is 0 Å². The number of carbonyl (C=O) groups is 1. The first-order valence-electron chi connectivity index (χ1n) is 9.90. The van der Waals surface area contributed by atoms with E-state index in [0.29, 0.717) is 26.1 Å². The minimum atomic E-state index is -0.304. The molecule has 0 N–H and O–H groups in total. The lowest BCUT2D eigenvalue weighted by atomic mass is 10.1. The van der Waals surface area contributed by atoms with Crippen molar-refractivity contribution in [2.24, 2.45) is 0 Å². The summed E-state index contributed by atoms with van der Waals surface area (Å²) >= 11 is 6.24. The average Bonchev–Trinajstić information content (AvgIpc) is 2.77. The van der Waals surface area contributed by atoms with E-state index in [2.05, 4.69) is 4.98 Å². The molecule has 0 bridgehead atoms. The molecule has 1 aliphatic rings. The number of nitrogens with zero attached hydrogens (tertiary/aromatic N) is 2. The Morgan fingerprint density at radius 1 is 1.10 bits per heavy atom. The van der Waals surface area contributed by atoms with Gasteiger partial charge < -0.3 is 9.64 Å². The molecule has 1 aromatic heterocycles. The van der Waals surface area contributed by atoms with E-state index in [4.69, 9.17) is 16.3 Å². The molecule has 154 valence electrons. The number of ether oxygens (including phenoxy) is 1. The Hall–Kier alpha value is -2.76. The molecule has 0 spiro atoms. The van der Waals surface area contributed by atoms with E-state index in [9.17, 15) is 9.18 Å². The van der Waals surface area contributed by atoms with Gasteiger partial charge in [-0.1, -0.05) is 48.0 Å². The Balaban J connectivity index is 1.38. The van der Waals surface area contributed by atoms with Crippen LogP contribution >= 0.6 is 11.6 Å². The number of benzene rings is 2. The normalized spacial score (nSPS) is 16.5. The van der Waals surface area contributed by atoms with Crippen molar-refractivity contribution in [1.82, 2.24) is 9.88 Å². The van der Waals surface area contributed by atoms with Gasteiger partial charge in [-0.05, 0) is 41.0 Å². The highest BCUT2D eigenvalue weighted by molar-refractivity contribution is 6.31. The van der Waals surface area contributed by atoms with Crippen LogP contribution in [0, 0.1) is 5.82 Å². The fraction of sp³-hybridized carbons (Fsp3) is 0.250. The average molecular weight is 425 g/mol. The van der Waals surface area contributed by atoms with Gasteiger partial charge in [0.15, 0.2) is 0 Å². The van der Waals surface area contributed by atoms with Gasteiger partial charge in [-0.3, -0.25) is 9.78 Å². The summed E-state index contributed by atoms with van der Waals surface area (Å²) in [5.41, 5.74) is 3.72. The predicted octanol–water partition coefficient (Wildman–Crippen LogP) is 4.61. The second kappa shape index (κ2) is 9.37. The molecule has 30 heavy (non-hydrogen) atoms. The van der Waals surface area contributed by atoms with Crippen molar-refractivity contribution in [3.63, 3.8) is 0 Å². The van der Waals surface area contributed by atoms with Gasteiger partial charge in [0.05, 0.1) is 25.3 Å². The van der Waals surface area contributed by atoms with Crippen molar-refractivity contribution >= 4 is 17.5 Å². The fourth-order valence-electron chi connectivity index (χ4n) is 3.54. The molecular weight excluding hydrogens is 403 g/mol. The molecule has 1 unspecified atom stereocenters. The van der Waals surface area contributed by atoms with Crippen molar-refractivity contribution < 1.29 is 13.9 Å². The van der Waals surface area contributed by atoms with Crippen LogP contribution in [0.2, 0.25) is 5.02 Å². The lowest BCUT2D eigenvalue weighted by Gasteiger charge is -2.32. The van der Waals surface area contributed by atoms with Crippen LogP contribution in [-0.2, 0) is 22.4 Å². The van der Waals surface area contributed by atoms with Crippen molar-refractivity contribution in [2.45, 2.75) is 18.9 Å². The summed E-state index contributed by atoms with van der Waals surface area (Å²) in [5, 5.41) is 0.743. The number of hydrogen-bond acceptors (Lipinski definition) is 3. The van der Waals surface area contributed by atoms with Gasteiger partial charge in [-0.25, -0.2) is 4.39 Å². The first kappa shape index (κ1) is 20.5. The second-order valence-electron chi connectivity index (χ2n) is 7.36. The van der Waals surface area contributed by atoms with E-state index in [1.165, 1.54) is 12.1 Å². The Labute approximate surface area is 180 Å². The molecule has 1 amide bonds. The van der Waals surface area contributed by atoms with E-state index >= 15 is 0 Å². The zero-order valence-electron chi connectivity index (χ0n) is 16.4. The molecular formula is C24H22ClFN2O2. The topological polar surface area (TPSA) is 42.4 Å². The summed E-state index contributed by atoms with van der Waals surface area (Å²) in [6.07, 6.45) is 2.53. The molecule has 2 heterocycles. The number of carbonyl (C=O) groups excluding carboxylic acids is 1. The molecule has 4 nitrogen and oxygen atoms in total. The van der Waals surface area contributed by atoms with Crippen LogP contribution in [0.3, 0.4) is 0 Å². The highest BCUT2D eigenvalue weighted by atomic mass is 35.5. The van der Waals surface area contributed by atoms with Crippen LogP contribution in [0.25, 0.3) is 0 Å². The molecule has 6 heteroatoms. The van der Waals surface area contributed by atoms with E-state index in [1.807, 2.05) is 42.6 Å². The Kier molecular flexibility index (Phi) is 6.41. The highest BCUT2D eigenvalue weighted by Crippen LogP contribution is 2.23. The number of halogens is 2. The third-order valence-electron chi connectivity index (χ3n) is 5.22. The Morgan fingerprint density at radius 3 is 2.60 bits per heavy atom. The molecule has 0 radical (unpaired) electrons. The summed E-state index contributed by atoms with van der Waals surface area (Å²) < 4.78 is 18.9. The molecule has 0 aliphatic carbocycles. The van der Waals surface area contributed by atoms with E-state index < -0.39 is 0 Å². The first-order valence-corrected chi connectivity index (χ1v) is 10.3. The van der Waals surface area contributed by atoms with Crippen molar-refractivity contribution in [3.05, 3.63) is 100 Å². The van der Waals surface area contributed by atoms with Gasteiger partial charge in [-0.15, -0.1) is 0 Å². The standard InChI is InChI=1S/C24H22ClFN2O2/c25-21-4-2-1-3-19(21)13-18-7-10-22(27-15-18)23-16-28(11-12-30-23)24(29)14-17-5-8-20(26)9-6-17/h1-10,15,23H,11-14,16H2. The van der Waals surface area contributed by atoms with Crippen LogP contribution < -0.4 is 0 Å². The number of hydrogen-bond donors (Lipinski definition) is 0. The number of morpholine rings is 1. The smallest absolute Gasteiger partial charge is 0.227 e. The fourth-order valence-corrected chi connectivity index (χ4v) is 3.74. The van der Waals surface area contributed by atoms with Crippen molar-refractivity contribution in [2.75, 3.05) is 19.7 Å². The molecule has 1 fully saturated rings. The maximum atomic E-state index is 13.1. The highest BCUT2D eigenvalue weighted by Gasteiger charge is 2.26. The third kappa shape index (κ3) is 5.04. The first-order chi connectivity index (χ1) is 14.6. The number of pyridine rings is 1. The second-order valence-corrected chi connectivity index (χ2v) is 7.77. The van der Waals surface area contributed by atoms with Crippen molar-refractivity contribution in [3.8, 4) is 0 Å². The minimum absolute atomic E-state index is 0.00486. The lowest BCUT2D eigenvalue weighted by molar-refractivity contribution is -0.138. The monoisotopic (exact) mass is 424 g/mol. The van der Waals surface area contributed by atoms with E-state index in [-0.39, 0.29) is 24.2 Å². The van der Waals surface area contributed by atoms with E-state index in [0.717, 1.165) is 27.4 Å². The zero-order valence-corrected chi connectivity index (χ0v) is 17.2. The Morgan fingerprint density at radius 2 is 1.87 bits per heavy atom. The summed E-state index contributed by atoms with van der Waals surface area (Å²) in [6, 6.07) is 17.8. The third-order valence-corrected chi connectivity index (χ3v) is 5.59. The van der Waals surface area contributed by atoms with Gasteiger partial charge in [0.1, 0.15) is 11.9 Å². The predicted molar refractivity (Wildman–Crippen MR) is 114 cm³/mol. The molecule has 1 aliphatic heterocycles. The van der Waals surface area contributed by atoms with Gasteiger partial charge in [0.2, 0.25) is 5.91 Å². The van der Waals surface area contributed by atoms with E-state index in [1.54, 1.807) is 17.0 Å². The van der Waals surface area contributed by atoms with Crippen LogP contribution in [-0.4, -0.2) is 35.5 Å². The summed E-state index contributed by atoms with van der Waals surface area (Å²) in [6.45, 7) is 1.46. The molecule has 3 aromatic rings. The summed E-state index contributed by atoms with van der Waals surface area (Å²) in [5.74, 6) is -0.299. The number of amides is 1. The molecule has 4 rings (SSSR count). The lowest BCUT2D eigenvalue weighted by Crippen LogP contribution is -2.43. The van der Waals surface area contributed by atoms with Crippen LogP contribution in [0.1, 0.15) is 28.5 Å². The quantitative estimate of drug-likeness (QED) is 0.600. The minimum Gasteiger partial charge on any atom is -0.368 e. The van der Waals surface area contributed by atoms with Crippen LogP contribution in [0.4, 0.5) is 4.39 Å². The summed E-state index contributed by atoms with van der Waals surface area (Å²) in [4.78, 5) is 19.0. The molecule has 1 atom stereocenters. The molecule has 1 saturated heterocycles.